The number of nitrogens with zero attached hydrogens (tertiary/aromatic N) is 1. The molecule has 2 atom stereocenters. The van der Waals surface area contributed by atoms with E-state index in [2.05, 4.69) is 10.3 Å². The lowest BCUT2D eigenvalue weighted by Crippen LogP contribution is -2.33. The van der Waals surface area contributed by atoms with Crippen LogP contribution in [0.15, 0.2) is 5.38 Å². The van der Waals surface area contributed by atoms with Crippen molar-refractivity contribution < 1.29 is 27.9 Å². The highest BCUT2D eigenvalue weighted by atomic mass is 32.1. The fraction of sp³-hybridized carbons (Fsp3) is 0.545. The van der Waals surface area contributed by atoms with Crippen molar-refractivity contribution in [3.63, 3.8) is 0 Å². The minimum absolute atomic E-state index is 0.289. The highest BCUT2D eigenvalue weighted by Gasteiger charge is 2.36. The summed E-state index contributed by atoms with van der Waals surface area (Å²) in [6.07, 6.45) is -3.33. The van der Waals surface area contributed by atoms with Crippen molar-refractivity contribution in [1.82, 2.24) is 10.3 Å². The predicted molar refractivity (Wildman–Crippen MR) is 63.3 cm³/mol. The molecule has 0 aromatic carbocycles. The summed E-state index contributed by atoms with van der Waals surface area (Å²) < 4.78 is 37.1. The number of carboxylic acids is 1. The van der Waals surface area contributed by atoms with E-state index < -0.39 is 29.0 Å². The summed E-state index contributed by atoms with van der Waals surface area (Å²) in [6, 6.07) is -0.334. The van der Waals surface area contributed by atoms with Crippen molar-refractivity contribution in [2.24, 2.45) is 5.92 Å². The van der Waals surface area contributed by atoms with Gasteiger partial charge in [0.15, 0.2) is 5.01 Å². The Morgan fingerprint density at radius 1 is 1.40 bits per heavy atom. The Kier molecular flexibility index (Phi) is 3.98. The average Bonchev–Trinajstić information content (AvgIpc) is 2.95. The lowest BCUT2D eigenvalue weighted by Gasteiger charge is -2.11. The number of hydrogen-bond donors (Lipinski definition) is 2. The van der Waals surface area contributed by atoms with Crippen LogP contribution in [0.4, 0.5) is 13.2 Å². The Balaban J connectivity index is 1.96. The molecule has 2 rings (SSSR count). The molecule has 0 radical (unpaired) electrons. The van der Waals surface area contributed by atoms with Gasteiger partial charge in [-0.25, -0.2) is 4.98 Å². The van der Waals surface area contributed by atoms with Gasteiger partial charge in [-0.15, -0.1) is 11.3 Å². The Morgan fingerprint density at radius 3 is 2.60 bits per heavy atom. The van der Waals surface area contributed by atoms with Crippen molar-refractivity contribution in [3.05, 3.63) is 16.1 Å². The molecular weight excluding hydrogens is 297 g/mol. The van der Waals surface area contributed by atoms with E-state index in [9.17, 15) is 22.8 Å². The molecule has 9 heteroatoms. The van der Waals surface area contributed by atoms with E-state index in [0.717, 1.165) is 5.38 Å². The molecule has 0 unspecified atom stereocenters. The van der Waals surface area contributed by atoms with Gasteiger partial charge < -0.3 is 10.4 Å². The fourth-order valence-electron chi connectivity index (χ4n) is 2.10. The monoisotopic (exact) mass is 308 g/mol. The second kappa shape index (κ2) is 5.39. The second-order valence-electron chi connectivity index (χ2n) is 4.55. The highest BCUT2D eigenvalue weighted by molar-refractivity contribution is 7.09. The number of aromatic nitrogens is 1. The molecule has 0 aliphatic heterocycles. The molecule has 20 heavy (non-hydrogen) atoms. The average molecular weight is 308 g/mol. The molecule has 1 aromatic rings. The van der Waals surface area contributed by atoms with E-state index >= 15 is 0 Å². The van der Waals surface area contributed by atoms with Gasteiger partial charge in [-0.1, -0.05) is 0 Å². The van der Waals surface area contributed by atoms with Crippen LogP contribution in [0.1, 0.15) is 34.8 Å². The molecular formula is C11H11F3N2O3S. The predicted octanol–water partition coefficient (Wildman–Crippen LogP) is 2.14. The number of hydrogen-bond acceptors (Lipinski definition) is 4. The molecule has 1 heterocycles. The van der Waals surface area contributed by atoms with Gasteiger partial charge >= 0.3 is 12.1 Å². The smallest absolute Gasteiger partial charge is 0.443 e. The van der Waals surface area contributed by atoms with E-state index in [1.807, 2.05) is 0 Å². The van der Waals surface area contributed by atoms with E-state index in [-0.39, 0.29) is 18.2 Å². The topological polar surface area (TPSA) is 79.3 Å². The first-order valence-electron chi connectivity index (χ1n) is 5.83. The van der Waals surface area contributed by atoms with Gasteiger partial charge in [0.25, 0.3) is 5.91 Å². The fourth-order valence-corrected chi connectivity index (χ4v) is 2.77. The molecule has 0 bridgehead atoms. The summed E-state index contributed by atoms with van der Waals surface area (Å²) in [4.78, 5) is 25.7. The van der Waals surface area contributed by atoms with Gasteiger partial charge in [0.2, 0.25) is 0 Å². The Hall–Kier alpha value is -1.64. The molecule has 0 saturated heterocycles. The number of carbonyl (C=O) groups is 2. The molecule has 5 nitrogen and oxygen atoms in total. The van der Waals surface area contributed by atoms with Crippen molar-refractivity contribution in [2.75, 3.05) is 0 Å². The second-order valence-corrected chi connectivity index (χ2v) is 5.41. The Morgan fingerprint density at radius 2 is 2.10 bits per heavy atom. The molecule has 1 aromatic heterocycles. The number of thiazole rings is 1. The van der Waals surface area contributed by atoms with E-state index in [4.69, 9.17) is 5.11 Å². The third-order valence-corrected chi connectivity index (χ3v) is 3.98. The maximum Gasteiger partial charge on any atom is 0.443 e. The number of halogens is 3. The molecule has 110 valence electrons. The first-order chi connectivity index (χ1) is 9.27. The van der Waals surface area contributed by atoms with Crippen LogP contribution in [0, 0.1) is 5.92 Å². The first-order valence-corrected chi connectivity index (χ1v) is 6.71. The largest absolute Gasteiger partial charge is 0.481 e. The number of amides is 1. The minimum atomic E-state index is -4.56. The highest BCUT2D eigenvalue weighted by Crippen LogP contribution is 2.32. The van der Waals surface area contributed by atoms with Crippen molar-refractivity contribution >= 4 is 23.2 Å². The zero-order chi connectivity index (χ0) is 14.9. The lowest BCUT2D eigenvalue weighted by molar-refractivity contribution is -0.141. The van der Waals surface area contributed by atoms with Crippen LogP contribution in [-0.2, 0) is 11.0 Å². The van der Waals surface area contributed by atoms with Crippen LogP contribution in [0.25, 0.3) is 0 Å². The van der Waals surface area contributed by atoms with Crippen LogP contribution in [0.2, 0.25) is 0 Å². The molecule has 1 saturated carbocycles. The Labute approximate surface area is 115 Å². The maximum atomic E-state index is 12.4. The number of alkyl halides is 3. The van der Waals surface area contributed by atoms with Crippen molar-refractivity contribution in [1.29, 1.82) is 0 Å². The third kappa shape index (κ3) is 3.27. The summed E-state index contributed by atoms with van der Waals surface area (Å²) in [5.74, 6) is -2.14. The van der Waals surface area contributed by atoms with E-state index in [1.54, 1.807) is 0 Å². The number of nitrogens with one attached hydrogen (secondary N) is 1. The summed E-state index contributed by atoms with van der Waals surface area (Å²) in [7, 11) is 0. The minimum Gasteiger partial charge on any atom is -0.481 e. The normalized spacial score (nSPS) is 22.8. The summed E-state index contributed by atoms with van der Waals surface area (Å²) in [6.45, 7) is 0. The molecule has 2 N–H and O–H groups in total. The summed E-state index contributed by atoms with van der Waals surface area (Å²) in [5, 5.41) is 11.3. The van der Waals surface area contributed by atoms with Gasteiger partial charge in [0.1, 0.15) is 5.69 Å². The quantitative estimate of drug-likeness (QED) is 0.896. The molecule has 1 amide bonds. The third-order valence-electron chi connectivity index (χ3n) is 3.10. The zero-order valence-electron chi connectivity index (χ0n) is 10.1. The molecule has 1 aliphatic rings. The van der Waals surface area contributed by atoms with Crippen molar-refractivity contribution in [3.8, 4) is 0 Å². The van der Waals surface area contributed by atoms with Crippen LogP contribution in [-0.4, -0.2) is 28.0 Å². The van der Waals surface area contributed by atoms with E-state index in [1.165, 1.54) is 0 Å². The molecule has 1 aliphatic carbocycles. The number of rotatable bonds is 3. The van der Waals surface area contributed by atoms with Crippen LogP contribution in [0.5, 0.6) is 0 Å². The van der Waals surface area contributed by atoms with Gasteiger partial charge in [0, 0.05) is 11.4 Å². The van der Waals surface area contributed by atoms with Crippen LogP contribution < -0.4 is 5.32 Å². The number of aliphatic carboxylic acids is 1. The number of carboxylic acid groups (broad SMARTS) is 1. The molecule has 0 spiro atoms. The van der Waals surface area contributed by atoms with Gasteiger partial charge in [-0.2, -0.15) is 13.2 Å². The molecule has 1 fully saturated rings. The van der Waals surface area contributed by atoms with E-state index in [0.29, 0.717) is 24.2 Å². The van der Waals surface area contributed by atoms with Crippen LogP contribution >= 0.6 is 11.3 Å². The van der Waals surface area contributed by atoms with Crippen LogP contribution in [0.3, 0.4) is 0 Å². The van der Waals surface area contributed by atoms with Crippen molar-refractivity contribution in [2.45, 2.75) is 31.5 Å². The van der Waals surface area contributed by atoms with Gasteiger partial charge in [-0.05, 0) is 19.3 Å². The maximum absolute atomic E-state index is 12.4. The number of carbonyl (C=O) groups excluding carboxylic acids is 1. The SMILES string of the molecule is O=C(N[C@@H]1CC[C@H](C(=O)O)C1)c1csc(C(F)(F)F)n1. The van der Waals surface area contributed by atoms with Gasteiger partial charge in [0.05, 0.1) is 5.92 Å². The lowest BCUT2D eigenvalue weighted by atomic mass is 10.1. The summed E-state index contributed by atoms with van der Waals surface area (Å²) >= 11 is 0.357. The zero-order valence-corrected chi connectivity index (χ0v) is 10.9. The summed E-state index contributed by atoms with van der Waals surface area (Å²) in [5.41, 5.74) is -0.291. The Bertz CT molecular complexity index is 529. The standard InChI is InChI=1S/C11H11F3N2O3S/c12-11(13,14)10-16-7(4-20-10)8(17)15-6-2-1-5(3-6)9(18)19/h4-6H,1-3H2,(H,15,17)(H,18,19)/t5-,6+/m0/s1. The van der Waals surface area contributed by atoms with Gasteiger partial charge in [-0.3, -0.25) is 9.59 Å². The first kappa shape index (κ1) is 14.8.